The Hall–Kier alpha value is -0.120. The lowest BCUT2D eigenvalue weighted by atomic mass is 10.1. The lowest BCUT2D eigenvalue weighted by molar-refractivity contribution is 0.262. The highest BCUT2D eigenvalue weighted by atomic mass is 15.2. The highest BCUT2D eigenvalue weighted by molar-refractivity contribution is 4.87. The molecule has 0 aliphatic carbocycles. The van der Waals surface area contributed by atoms with Gasteiger partial charge in [-0.25, -0.2) is 0 Å². The molecule has 17 heavy (non-hydrogen) atoms. The average Bonchev–Trinajstić information content (AvgIpc) is 2.84. The molecule has 0 aromatic carbocycles. The van der Waals surface area contributed by atoms with Crippen LogP contribution < -0.4 is 5.32 Å². The number of nitrogens with zero attached hydrogens (tertiary/aromatic N) is 2. The molecule has 2 saturated heterocycles. The van der Waals surface area contributed by atoms with Gasteiger partial charge in [0.1, 0.15) is 0 Å². The quantitative estimate of drug-likeness (QED) is 0.800. The predicted octanol–water partition coefficient (Wildman–Crippen LogP) is 1.40. The number of hydrogen-bond acceptors (Lipinski definition) is 3. The molecule has 0 spiro atoms. The zero-order valence-corrected chi connectivity index (χ0v) is 11.9. The maximum atomic E-state index is 3.78. The van der Waals surface area contributed by atoms with Crippen LogP contribution in [0.3, 0.4) is 0 Å². The van der Waals surface area contributed by atoms with E-state index in [1.807, 2.05) is 0 Å². The summed E-state index contributed by atoms with van der Waals surface area (Å²) in [7, 11) is 2.24. The molecule has 0 saturated carbocycles. The molecule has 0 amide bonds. The fourth-order valence-electron chi connectivity index (χ4n) is 3.17. The van der Waals surface area contributed by atoms with E-state index in [0.717, 1.165) is 24.0 Å². The maximum absolute atomic E-state index is 3.78. The van der Waals surface area contributed by atoms with Crippen molar-refractivity contribution >= 4 is 0 Å². The normalized spacial score (nSPS) is 36.2. The van der Waals surface area contributed by atoms with Crippen molar-refractivity contribution < 1.29 is 0 Å². The molecule has 2 aliphatic heterocycles. The summed E-state index contributed by atoms with van der Waals surface area (Å²) in [6, 6.07) is 2.20. The van der Waals surface area contributed by atoms with Crippen LogP contribution in [0.15, 0.2) is 0 Å². The number of nitrogens with one attached hydrogen (secondary N) is 1. The standard InChI is InChI=1S/C14H29N3/c1-11(2)17-6-5-13(9-17)8-15-14-7-12(3)16(4)10-14/h11-15H,5-10H2,1-4H3. The fraction of sp³-hybridized carbons (Fsp3) is 1.00. The second-order valence-electron chi connectivity index (χ2n) is 6.37. The molecule has 3 unspecified atom stereocenters. The molecule has 0 bridgehead atoms. The van der Waals surface area contributed by atoms with Crippen LogP contribution in [0.25, 0.3) is 0 Å². The average molecular weight is 239 g/mol. The molecule has 3 heteroatoms. The first-order valence-electron chi connectivity index (χ1n) is 7.24. The van der Waals surface area contributed by atoms with Gasteiger partial charge in [0.15, 0.2) is 0 Å². The minimum Gasteiger partial charge on any atom is -0.312 e. The topological polar surface area (TPSA) is 18.5 Å². The van der Waals surface area contributed by atoms with Crippen molar-refractivity contribution in [3.63, 3.8) is 0 Å². The Morgan fingerprint density at radius 2 is 2.06 bits per heavy atom. The highest BCUT2D eigenvalue weighted by Gasteiger charge is 2.28. The molecule has 1 N–H and O–H groups in total. The summed E-state index contributed by atoms with van der Waals surface area (Å²) >= 11 is 0. The first-order chi connectivity index (χ1) is 8.06. The van der Waals surface area contributed by atoms with Gasteiger partial charge in [0.2, 0.25) is 0 Å². The van der Waals surface area contributed by atoms with Gasteiger partial charge in [-0.3, -0.25) is 0 Å². The van der Waals surface area contributed by atoms with E-state index in [1.165, 1.54) is 39.0 Å². The van der Waals surface area contributed by atoms with Gasteiger partial charge < -0.3 is 15.1 Å². The third-order valence-electron chi connectivity index (χ3n) is 4.63. The smallest absolute Gasteiger partial charge is 0.0209 e. The predicted molar refractivity (Wildman–Crippen MR) is 73.3 cm³/mol. The molecule has 0 aromatic rings. The molecule has 2 fully saturated rings. The Balaban J connectivity index is 1.66. The molecule has 2 heterocycles. The van der Waals surface area contributed by atoms with Crippen molar-refractivity contribution in [2.45, 2.75) is 51.7 Å². The molecule has 2 rings (SSSR count). The van der Waals surface area contributed by atoms with Crippen molar-refractivity contribution in [2.75, 3.05) is 33.2 Å². The van der Waals surface area contributed by atoms with E-state index >= 15 is 0 Å². The summed E-state index contributed by atoms with van der Waals surface area (Å²) in [5, 5.41) is 3.78. The summed E-state index contributed by atoms with van der Waals surface area (Å²) < 4.78 is 0. The van der Waals surface area contributed by atoms with Gasteiger partial charge in [0.25, 0.3) is 0 Å². The van der Waals surface area contributed by atoms with Crippen LogP contribution in [0, 0.1) is 5.92 Å². The van der Waals surface area contributed by atoms with E-state index in [4.69, 9.17) is 0 Å². The van der Waals surface area contributed by atoms with Gasteiger partial charge in [-0.05, 0) is 59.7 Å². The van der Waals surface area contributed by atoms with E-state index in [9.17, 15) is 0 Å². The van der Waals surface area contributed by atoms with Crippen molar-refractivity contribution in [3.8, 4) is 0 Å². The van der Waals surface area contributed by atoms with Gasteiger partial charge in [-0.15, -0.1) is 0 Å². The van der Waals surface area contributed by atoms with Gasteiger partial charge in [0.05, 0.1) is 0 Å². The lowest BCUT2D eigenvalue weighted by Gasteiger charge is -2.21. The number of hydrogen-bond donors (Lipinski definition) is 1. The molecule has 0 radical (unpaired) electrons. The van der Waals surface area contributed by atoms with Crippen LogP contribution in [0.1, 0.15) is 33.6 Å². The Morgan fingerprint density at radius 3 is 2.59 bits per heavy atom. The fourth-order valence-corrected chi connectivity index (χ4v) is 3.17. The summed E-state index contributed by atoms with van der Waals surface area (Å²) in [6.07, 6.45) is 2.69. The van der Waals surface area contributed by atoms with E-state index in [0.29, 0.717) is 0 Å². The van der Waals surface area contributed by atoms with E-state index in [2.05, 4.69) is 42.9 Å². The summed E-state index contributed by atoms with van der Waals surface area (Å²) in [6.45, 7) is 12.0. The van der Waals surface area contributed by atoms with Gasteiger partial charge in [-0.1, -0.05) is 0 Å². The number of rotatable bonds is 4. The van der Waals surface area contributed by atoms with E-state index in [-0.39, 0.29) is 0 Å². The molecule has 0 aromatic heterocycles. The van der Waals surface area contributed by atoms with Crippen LogP contribution in [0.4, 0.5) is 0 Å². The highest BCUT2D eigenvalue weighted by Crippen LogP contribution is 2.19. The minimum atomic E-state index is 0.720. The van der Waals surface area contributed by atoms with Crippen molar-refractivity contribution in [1.29, 1.82) is 0 Å². The Labute approximate surface area is 107 Å². The lowest BCUT2D eigenvalue weighted by Crippen LogP contribution is -2.36. The van der Waals surface area contributed by atoms with Gasteiger partial charge in [-0.2, -0.15) is 0 Å². The third kappa shape index (κ3) is 3.43. The third-order valence-corrected chi connectivity index (χ3v) is 4.63. The first-order valence-corrected chi connectivity index (χ1v) is 7.24. The Bertz CT molecular complexity index is 232. The largest absolute Gasteiger partial charge is 0.312 e. The zero-order chi connectivity index (χ0) is 12.4. The molecule has 2 aliphatic rings. The molecular formula is C14H29N3. The zero-order valence-electron chi connectivity index (χ0n) is 11.9. The minimum absolute atomic E-state index is 0.720. The Morgan fingerprint density at radius 1 is 1.29 bits per heavy atom. The van der Waals surface area contributed by atoms with Crippen molar-refractivity contribution in [2.24, 2.45) is 5.92 Å². The first kappa shape index (κ1) is 13.3. The summed E-state index contributed by atoms with van der Waals surface area (Å²) in [4.78, 5) is 5.07. The maximum Gasteiger partial charge on any atom is 0.0209 e. The number of likely N-dealkylation sites (N-methyl/N-ethyl adjacent to an activating group) is 1. The van der Waals surface area contributed by atoms with E-state index in [1.54, 1.807) is 0 Å². The molecule has 3 atom stereocenters. The van der Waals surface area contributed by atoms with Crippen LogP contribution in [0.2, 0.25) is 0 Å². The molecular weight excluding hydrogens is 210 g/mol. The van der Waals surface area contributed by atoms with Crippen LogP contribution in [-0.4, -0.2) is 61.2 Å². The summed E-state index contributed by atoms with van der Waals surface area (Å²) in [5.41, 5.74) is 0. The van der Waals surface area contributed by atoms with Crippen LogP contribution in [0.5, 0.6) is 0 Å². The molecule has 100 valence electrons. The van der Waals surface area contributed by atoms with Crippen molar-refractivity contribution in [1.82, 2.24) is 15.1 Å². The Kier molecular flexibility index (Phi) is 4.45. The number of likely N-dealkylation sites (tertiary alicyclic amines) is 2. The second kappa shape index (κ2) is 5.68. The van der Waals surface area contributed by atoms with Crippen LogP contribution >= 0.6 is 0 Å². The summed E-state index contributed by atoms with van der Waals surface area (Å²) in [5.74, 6) is 0.874. The van der Waals surface area contributed by atoms with Gasteiger partial charge >= 0.3 is 0 Å². The SMILES string of the molecule is CC1CC(NCC2CCN(C(C)C)C2)CN1C. The van der Waals surface area contributed by atoms with Crippen molar-refractivity contribution in [3.05, 3.63) is 0 Å². The van der Waals surface area contributed by atoms with E-state index < -0.39 is 0 Å². The van der Waals surface area contributed by atoms with Crippen LogP contribution in [-0.2, 0) is 0 Å². The molecule has 3 nitrogen and oxygen atoms in total. The van der Waals surface area contributed by atoms with Gasteiger partial charge in [0, 0.05) is 31.2 Å². The monoisotopic (exact) mass is 239 g/mol. The second-order valence-corrected chi connectivity index (χ2v) is 6.37.